The van der Waals surface area contributed by atoms with E-state index in [9.17, 15) is 0 Å². The van der Waals surface area contributed by atoms with Crippen LogP contribution in [0.2, 0.25) is 0 Å². The summed E-state index contributed by atoms with van der Waals surface area (Å²) in [6.45, 7) is 1.90. The van der Waals surface area contributed by atoms with Gasteiger partial charge in [-0.05, 0) is 17.7 Å². The standard InChI is InChI=1S/C26H25N2O2/c1-29-26-14-8-13-25(27-26)24-15-23(20-30-19-22-11-6-3-7-12-22)17-28(18-24)16-21-9-4-2-5-10-21/h2-15,17-18H,16,19-20H2,1H3/q+1. The molecule has 0 atom stereocenters. The van der Waals surface area contributed by atoms with Crippen LogP contribution in [-0.4, -0.2) is 12.1 Å². The minimum absolute atomic E-state index is 0.529. The molecule has 30 heavy (non-hydrogen) atoms. The molecule has 0 aliphatic heterocycles. The molecule has 0 spiro atoms. The van der Waals surface area contributed by atoms with Gasteiger partial charge in [0.1, 0.15) is 0 Å². The average molecular weight is 397 g/mol. The number of nitrogens with zero attached hydrogens (tertiary/aromatic N) is 2. The van der Waals surface area contributed by atoms with E-state index < -0.39 is 0 Å². The van der Waals surface area contributed by atoms with Crippen molar-refractivity contribution in [3.05, 3.63) is 114 Å². The first-order chi connectivity index (χ1) is 14.8. The lowest BCUT2D eigenvalue weighted by Gasteiger charge is -2.08. The molecule has 2 aromatic heterocycles. The number of aromatic nitrogens is 2. The van der Waals surface area contributed by atoms with E-state index in [-0.39, 0.29) is 0 Å². The van der Waals surface area contributed by atoms with Gasteiger partial charge in [0.25, 0.3) is 0 Å². The van der Waals surface area contributed by atoms with Crippen LogP contribution < -0.4 is 9.30 Å². The lowest BCUT2D eigenvalue weighted by molar-refractivity contribution is -0.688. The maximum atomic E-state index is 5.99. The Morgan fingerprint density at radius 1 is 0.733 bits per heavy atom. The molecule has 0 saturated carbocycles. The molecule has 0 unspecified atom stereocenters. The first-order valence-electron chi connectivity index (χ1n) is 10.0. The van der Waals surface area contributed by atoms with Crippen LogP contribution >= 0.6 is 0 Å². The highest BCUT2D eigenvalue weighted by molar-refractivity contribution is 5.58. The maximum absolute atomic E-state index is 5.99. The smallest absolute Gasteiger partial charge is 0.213 e. The molecule has 4 nitrogen and oxygen atoms in total. The molecule has 4 rings (SSSR count). The van der Waals surface area contributed by atoms with Crippen LogP contribution in [-0.2, 0) is 24.5 Å². The Morgan fingerprint density at radius 3 is 2.17 bits per heavy atom. The van der Waals surface area contributed by atoms with Crippen molar-refractivity contribution in [2.24, 2.45) is 0 Å². The van der Waals surface area contributed by atoms with Gasteiger partial charge in [-0.25, -0.2) is 4.98 Å². The quantitative estimate of drug-likeness (QED) is 0.400. The minimum atomic E-state index is 0.529. The Labute approximate surface area is 177 Å². The van der Waals surface area contributed by atoms with Crippen molar-refractivity contribution in [2.75, 3.05) is 7.11 Å². The summed E-state index contributed by atoms with van der Waals surface area (Å²) < 4.78 is 13.5. The molecule has 0 radical (unpaired) electrons. The van der Waals surface area contributed by atoms with Gasteiger partial charge in [0.2, 0.25) is 5.88 Å². The van der Waals surface area contributed by atoms with E-state index in [1.165, 1.54) is 11.1 Å². The second-order valence-electron chi connectivity index (χ2n) is 7.13. The van der Waals surface area contributed by atoms with Crippen molar-refractivity contribution in [1.29, 1.82) is 0 Å². The summed E-state index contributed by atoms with van der Waals surface area (Å²) in [5.41, 5.74) is 5.42. The number of hydrogen-bond donors (Lipinski definition) is 0. The predicted molar refractivity (Wildman–Crippen MR) is 117 cm³/mol. The second kappa shape index (κ2) is 9.81. The zero-order chi connectivity index (χ0) is 20.6. The van der Waals surface area contributed by atoms with E-state index in [0.29, 0.717) is 19.1 Å². The normalized spacial score (nSPS) is 10.7. The van der Waals surface area contributed by atoms with Crippen LogP contribution in [0.3, 0.4) is 0 Å². The van der Waals surface area contributed by atoms with Crippen molar-refractivity contribution in [2.45, 2.75) is 19.8 Å². The Morgan fingerprint density at radius 2 is 1.43 bits per heavy atom. The molecule has 2 aromatic carbocycles. The van der Waals surface area contributed by atoms with E-state index in [1.807, 2.05) is 42.5 Å². The van der Waals surface area contributed by atoms with Crippen molar-refractivity contribution in [1.82, 2.24) is 4.98 Å². The highest BCUT2D eigenvalue weighted by Crippen LogP contribution is 2.20. The van der Waals surface area contributed by atoms with Gasteiger partial charge in [-0.3, -0.25) is 0 Å². The third kappa shape index (κ3) is 5.31. The highest BCUT2D eigenvalue weighted by atomic mass is 16.5. The van der Waals surface area contributed by atoms with Gasteiger partial charge in [-0.15, -0.1) is 0 Å². The number of rotatable bonds is 8. The molecule has 2 heterocycles. The number of hydrogen-bond acceptors (Lipinski definition) is 3. The van der Waals surface area contributed by atoms with Crippen molar-refractivity contribution in [3.63, 3.8) is 0 Å². The first-order valence-corrected chi connectivity index (χ1v) is 10.0. The van der Waals surface area contributed by atoms with Crippen LogP contribution in [0.15, 0.2) is 97.3 Å². The number of methoxy groups -OCH3 is 1. The molecule has 4 aromatic rings. The molecular weight excluding hydrogens is 372 g/mol. The summed E-state index contributed by atoms with van der Waals surface area (Å²) >= 11 is 0. The van der Waals surface area contributed by atoms with Crippen molar-refractivity contribution in [3.8, 4) is 17.1 Å². The number of pyridine rings is 2. The SMILES string of the molecule is COc1cccc(-c2cc(COCc3ccccc3)c[n+](Cc3ccccc3)c2)n1. The van der Waals surface area contributed by atoms with Gasteiger partial charge in [-0.2, -0.15) is 4.57 Å². The van der Waals surface area contributed by atoms with Gasteiger partial charge in [0, 0.05) is 17.2 Å². The van der Waals surface area contributed by atoms with Gasteiger partial charge in [0.05, 0.1) is 31.6 Å². The summed E-state index contributed by atoms with van der Waals surface area (Å²) in [6.07, 6.45) is 4.26. The fourth-order valence-corrected chi connectivity index (χ4v) is 3.36. The van der Waals surface area contributed by atoms with Crippen LogP contribution in [0, 0.1) is 0 Å². The molecule has 0 N–H and O–H groups in total. The van der Waals surface area contributed by atoms with Crippen molar-refractivity contribution < 1.29 is 14.0 Å². The van der Waals surface area contributed by atoms with E-state index in [2.05, 4.69) is 64.4 Å². The third-order valence-electron chi connectivity index (χ3n) is 4.79. The fourth-order valence-electron chi connectivity index (χ4n) is 3.36. The summed E-state index contributed by atoms with van der Waals surface area (Å²) in [6, 6.07) is 28.6. The number of ether oxygens (including phenoxy) is 2. The Balaban J connectivity index is 1.59. The van der Waals surface area contributed by atoms with Gasteiger partial charge in [-0.1, -0.05) is 66.7 Å². The van der Waals surface area contributed by atoms with Crippen molar-refractivity contribution >= 4 is 0 Å². The molecular formula is C26H25N2O2+. The topological polar surface area (TPSA) is 35.2 Å². The zero-order valence-electron chi connectivity index (χ0n) is 17.1. The number of benzene rings is 2. The summed E-state index contributed by atoms with van der Waals surface area (Å²) in [7, 11) is 1.63. The first kappa shape index (κ1) is 19.8. The maximum Gasteiger partial charge on any atom is 0.213 e. The Kier molecular flexibility index (Phi) is 6.47. The lowest BCUT2D eigenvalue weighted by atomic mass is 10.1. The van der Waals surface area contributed by atoms with E-state index in [1.54, 1.807) is 7.11 Å². The molecule has 0 bridgehead atoms. The average Bonchev–Trinajstić information content (AvgIpc) is 2.80. The lowest BCUT2D eigenvalue weighted by Crippen LogP contribution is -2.34. The van der Waals surface area contributed by atoms with Gasteiger partial charge >= 0.3 is 0 Å². The van der Waals surface area contributed by atoms with E-state index >= 15 is 0 Å². The zero-order valence-corrected chi connectivity index (χ0v) is 17.1. The molecule has 0 fully saturated rings. The molecule has 4 heteroatoms. The predicted octanol–water partition coefficient (Wildman–Crippen LogP) is 4.81. The molecule has 0 amide bonds. The van der Waals surface area contributed by atoms with Gasteiger partial charge in [0.15, 0.2) is 18.9 Å². The van der Waals surface area contributed by atoms with E-state index in [4.69, 9.17) is 9.47 Å². The fraction of sp³-hybridized carbons (Fsp3) is 0.154. The summed E-state index contributed by atoms with van der Waals surface area (Å²) in [5.74, 6) is 0.604. The molecule has 0 aliphatic rings. The monoisotopic (exact) mass is 397 g/mol. The summed E-state index contributed by atoms with van der Waals surface area (Å²) in [5, 5.41) is 0. The Bertz CT molecular complexity index is 1080. The van der Waals surface area contributed by atoms with Crippen LogP contribution in [0.5, 0.6) is 5.88 Å². The van der Waals surface area contributed by atoms with Crippen LogP contribution in [0.1, 0.15) is 16.7 Å². The molecule has 0 aliphatic carbocycles. The molecule has 0 saturated heterocycles. The van der Waals surface area contributed by atoms with Gasteiger partial charge < -0.3 is 9.47 Å². The Hall–Kier alpha value is -3.50. The summed E-state index contributed by atoms with van der Waals surface area (Å²) in [4.78, 5) is 4.60. The minimum Gasteiger partial charge on any atom is -0.481 e. The second-order valence-corrected chi connectivity index (χ2v) is 7.13. The third-order valence-corrected chi connectivity index (χ3v) is 4.79. The van der Waals surface area contributed by atoms with Crippen LogP contribution in [0.4, 0.5) is 0 Å². The largest absolute Gasteiger partial charge is 0.481 e. The van der Waals surface area contributed by atoms with Crippen LogP contribution in [0.25, 0.3) is 11.3 Å². The molecule has 150 valence electrons. The highest BCUT2D eigenvalue weighted by Gasteiger charge is 2.12. The van der Waals surface area contributed by atoms with E-state index in [0.717, 1.165) is 23.4 Å².